The number of aliphatic hydroxyl groups is 4. The van der Waals surface area contributed by atoms with Gasteiger partial charge in [-0.1, -0.05) is 72.2 Å². The minimum absolute atomic E-state index is 0.0310. The summed E-state index contributed by atoms with van der Waals surface area (Å²) in [5.41, 5.74) is 11.1. The molecule has 1 heterocycles. The lowest BCUT2D eigenvalue weighted by Crippen LogP contribution is -2.61. The zero-order valence-corrected chi connectivity index (χ0v) is 30.2. The minimum atomic E-state index is -1.14. The highest BCUT2D eigenvalue weighted by atomic mass is 16.3. The van der Waals surface area contributed by atoms with Gasteiger partial charge in [0.15, 0.2) is 5.78 Å². The molecule has 0 aromatic heterocycles. The Morgan fingerprint density at radius 1 is 1.18 bits per heavy atom. The standard InChI is InChI=1S/C42H58N2O6/c1-26(2)10-5-11-27(3)12-6-14-31(25-46)38-30-15-8-19-41(50)20-18-32(35(17-9-21-45)42(41,24-30)39(38)49)28(4)36(47)22-29-13-7-16-33-34(29)23-37(48)44-40(33)43/h6-7,10,12-14,16,30,35,38-40,45-46,49-50H,3,5,8-9,11,15,17-25,43H2,1-2,4H3,(H,44,48)/b12-6+,31-14-,32-28+/t30-,35-,38-,39-,40+,41-,42-/m1/s1. The highest BCUT2D eigenvalue weighted by Gasteiger charge is 2.68. The normalized spacial score (nSPS) is 31.8. The molecule has 1 aliphatic heterocycles. The van der Waals surface area contributed by atoms with Crippen molar-refractivity contribution in [3.05, 3.63) is 93.6 Å². The van der Waals surface area contributed by atoms with Crippen LogP contribution in [-0.4, -0.2) is 57.0 Å². The van der Waals surface area contributed by atoms with Crippen molar-refractivity contribution in [2.45, 2.75) is 116 Å². The number of nitrogens with one attached hydrogen (secondary N) is 1. The Hall–Kier alpha value is -3.14. The Bertz CT molecular complexity index is 1580. The van der Waals surface area contributed by atoms with Crippen molar-refractivity contribution < 1.29 is 30.0 Å². The van der Waals surface area contributed by atoms with E-state index in [9.17, 15) is 30.0 Å². The molecule has 50 heavy (non-hydrogen) atoms. The van der Waals surface area contributed by atoms with Crippen molar-refractivity contribution >= 4 is 11.7 Å². The third-order valence-corrected chi connectivity index (χ3v) is 12.3. The third-order valence-electron chi connectivity index (χ3n) is 12.3. The SMILES string of the molecule is C=C(/C=C/C=C(/CO)[C@H]1[C@@H]2CCC[C@@]3(O)CC/C(=C(/C)C(=O)Cc4cccc5c4CC(=O)N[C@@H]5N)[C@@H](CCCO)[C@]3(C2)[C@@H]1O)CCC=C(C)C. The number of hydrogen-bond acceptors (Lipinski definition) is 7. The van der Waals surface area contributed by atoms with Gasteiger partial charge in [0.25, 0.3) is 0 Å². The predicted octanol–water partition coefficient (Wildman–Crippen LogP) is 5.60. The quantitative estimate of drug-likeness (QED) is 0.0897. The lowest BCUT2D eigenvalue weighted by Gasteiger charge is -2.57. The highest BCUT2D eigenvalue weighted by molar-refractivity contribution is 5.97. The van der Waals surface area contributed by atoms with Crippen LogP contribution in [0.25, 0.3) is 0 Å². The van der Waals surface area contributed by atoms with Gasteiger partial charge in [0, 0.05) is 24.4 Å². The lowest BCUT2D eigenvalue weighted by molar-refractivity contribution is -0.181. The van der Waals surface area contributed by atoms with E-state index in [-0.39, 0.29) is 55.5 Å². The van der Waals surface area contributed by atoms with Crippen LogP contribution in [0.15, 0.2) is 76.9 Å². The zero-order valence-electron chi connectivity index (χ0n) is 30.2. The fourth-order valence-corrected chi connectivity index (χ4v) is 9.92. The largest absolute Gasteiger partial charge is 0.396 e. The molecule has 8 nitrogen and oxygen atoms in total. The van der Waals surface area contributed by atoms with Gasteiger partial charge < -0.3 is 31.5 Å². The van der Waals surface area contributed by atoms with E-state index in [2.05, 4.69) is 31.8 Å². The van der Waals surface area contributed by atoms with Crippen LogP contribution >= 0.6 is 0 Å². The smallest absolute Gasteiger partial charge is 0.225 e. The van der Waals surface area contributed by atoms with Crippen molar-refractivity contribution in [3.8, 4) is 0 Å². The average molecular weight is 687 g/mol. The van der Waals surface area contributed by atoms with Gasteiger partial charge in [-0.15, -0.1) is 0 Å². The molecule has 3 fully saturated rings. The van der Waals surface area contributed by atoms with Crippen molar-refractivity contribution in [2.75, 3.05) is 13.2 Å². The van der Waals surface area contributed by atoms with Crippen LogP contribution < -0.4 is 11.1 Å². The van der Waals surface area contributed by atoms with E-state index in [1.165, 1.54) is 5.57 Å². The van der Waals surface area contributed by atoms with Gasteiger partial charge in [-0.3, -0.25) is 9.59 Å². The van der Waals surface area contributed by atoms with E-state index in [0.717, 1.165) is 59.1 Å². The first-order valence-electron chi connectivity index (χ1n) is 18.6. The fourth-order valence-electron chi connectivity index (χ4n) is 9.92. The molecule has 5 rings (SSSR count). The number of carbonyl (C=O) groups is 2. The van der Waals surface area contributed by atoms with E-state index >= 15 is 0 Å². The number of amides is 1. The maximum Gasteiger partial charge on any atom is 0.225 e. The summed E-state index contributed by atoms with van der Waals surface area (Å²) in [5, 5.41) is 48.6. The molecule has 1 aromatic rings. The topological polar surface area (TPSA) is 153 Å². The molecule has 1 aromatic carbocycles. The van der Waals surface area contributed by atoms with Crippen LogP contribution in [-0.2, 0) is 22.4 Å². The van der Waals surface area contributed by atoms with Crippen molar-refractivity contribution in [1.29, 1.82) is 0 Å². The van der Waals surface area contributed by atoms with Crippen LogP contribution in [0, 0.1) is 23.2 Å². The van der Waals surface area contributed by atoms with E-state index < -0.39 is 23.3 Å². The van der Waals surface area contributed by atoms with E-state index in [4.69, 9.17) is 5.73 Å². The van der Waals surface area contributed by atoms with Gasteiger partial charge in [-0.2, -0.15) is 0 Å². The molecule has 0 saturated heterocycles. The first-order valence-corrected chi connectivity index (χ1v) is 18.6. The Balaban J connectivity index is 1.49. The molecule has 3 saturated carbocycles. The maximum atomic E-state index is 14.1. The van der Waals surface area contributed by atoms with Crippen molar-refractivity contribution in [2.24, 2.45) is 28.9 Å². The predicted molar refractivity (Wildman–Crippen MR) is 197 cm³/mol. The van der Waals surface area contributed by atoms with E-state index in [1.807, 2.05) is 43.4 Å². The monoisotopic (exact) mass is 686 g/mol. The first kappa shape index (κ1) is 38.1. The Morgan fingerprint density at radius 2 is 1.96 bits per heavy atom. The van der Waals surface area contributed by atoms with Crippen molar-refractivity contribution in [1.82, 2.24) is 5.32 Å². The summed E-state index contributed by atoms with van der Waals surface area (Å²) in [5.74, 6) is -0.812. The number of hydrogen-bond donors (Lipinski definition) is 6. The fraction of sp³-hybridized carbons (Fsp3) is 0.571. The number of allylic oxidation sites excluding steroid dienone is 8. The van der Waals surface area contributed by atoms with Gasteiger partial charge >= 0.3 is 0 Å². The summed E-state index contributed by atoms with van der Waals surface area (Å²) in [7, 11) is 0. The summed E-state index contributed by atoms with van der Waals surface area (Å²) in [6.07, 6.45) is 13.3. The van der Waals surface area contributed by atoms with Crippen LogP contribution in [0.3, 0.4) is 0 Å². The molecule has 3 aliphatic carbocycles. The number of rotatable bonds is 13. The molecule has 7 N–H and O–H groups in total. The average Bonchev–Trinajstić information content (AvgIpc) is 3.25. The molecular weight excluding hydrogens is 628 g/mol. The van der Waals surface area contributed by atoms with Gasteiger partial charge in [0.05, 0.1) is 24.7 Å². The number of fused-ring (bicyclic) bond motifs is 2. The Morgan fingerprint density at radius 3 is 2.68 bits per heavy atom. The summed E-state index contributed by atoms with van der Waals surface area (Å²) in [6.45, 7) is 9.96. The van der Waals surface area contributed by atoms with Crippen LogP contribution in [0.5, 0.6) is 0 Å². The molecule has 0 radical (unpaired) electrons. The Labute approximate surface area is 297 Å². The number of carbonyl (C=O) groups excluding carboxylic acids is 2. The summed E-state index contributed by atoms with van der Waals surface area (Å²) < 4.78 is 0. The second kappa shape index (κ2) is 16.0. The lowest BCUT2D eigenvalue weighted by atomic mass is 9.51. The van der Waals surface area contributed by atoms with Gasteiger partial charge in [0.2, 0.25) is 5.91 Å². The van der Waals surface area contributed by atoms with Crippen LogP contribution in [0.1, 0.15) is 108 Å². The van der Waals surface area contributed by atoms with Crippen LogP contribution in [0.2, 0.25) is 0 Å². The molecule has 0 unspecified atom stereocenters. The second-order valence-corrected chi connectivity index (χ2v) is 15.5. The van der Waals surface area contributed by atoms with Gasteiger partial charge in [0.1, 0.15) is 6.17 Å². The van der Waals surface area contributed by atoms with Crippen molar-refractivity contribution in [3.63, 3.8) is 0 Å². The number of benzene rings is 1. The summed E-state index contributed by atoms with van der Waals surface area (Å²) >= 11 is 0. The summed E-state index contributed by atoms with van der Waals surface area (Å²) in [4.78, 5) is 26.5. The number of ketones is 1. The number of Topliss-reactive ketones (excluding diaryl/α,β-unsaturated/α-hetero) is 1. The molecule has 272 valence electrons. The van der Waals surface area contributed by atoms with Gasteiger partial charge in [-0.25, -0.2) is 0 Å². The molecule has 7 atom stereocenters. The van der Waals surface area contributed by atoms with Crippen LogP contribution in [0.4, 0.5) is 0 Å². The molecular formula is C42H58N2O6. The minimum Gasteiger partial charge on any atom is -0.396 e. The summed E-state index contributed by atoms with van der Waals surface area (Å²) in [6, 6.07) is 5.64. The molecule has 1 spiro atoms. The number of aliphatic hydroxyl groups excluding tert-OH is 3. The first-order chi connectivity index (χ1) is 23.9. The molecule has 2 bridgehead atoms. The molecule has 8 heteroatoms. The maximum absolute atomic E-state index is 14.1. The number of nitrogens with two attached hydrogens (primary N) is 1. The highest BCUT2D eigenvalue weighted by Crippen LogP contribution is 2.67. The third kappa shape index (κ3) is 7.42. The van der Waals surface area contributed by atoms with Gasteiger partial charge in [-0.05, 0) is 118 Å². The van der Waals surface area contributed by atoms with E-state index in [1.54, 1.807) is 0 Å². The molecule has 1 amide bonds. The molecule has 4 aliphatic rings. The Kier molecular flexibility index (Phi) is 12.2. The second-order valence-electron chi connectivity index (χ2n) is 15.5. The zero-order chi connectivity index (χ0) is 36.2. The van der Waals surface area contributed by atoms with E-state index in [0.29, 0.717) is 44.1 Å².